The van der Waals surface area contributed by atoms with Gasteiger partial charge < -0.3 is 14.0 Å². The van der Waals surface area contributed by atoms with E-state index in [2.05, 4.69) is 10.0 Å². The van der Waals surface area contributed by atoms with E-state index in [9.17, 15) is 10.1 Å². The van der Waals surface area contributed by atoms with Gasteiger partial charge in [0, 0.05) is 36.5 Å². The van der Waals surface area contributed by atoms with Crippen LogP contribution in [0.4, 0.5) is 5.69 Å². The molecule has 2 fully saturated rings. The van der Waals surface area contributed by atoms with E-state index in [1.54, 1.807) is 18.2 Å². The second-order valence-corrected chi connectivity index (χ2v) is 6.80. The molecule has 3 rings (SSSR count). The van der Waals surface area contributed by atoms with Crippen molar-refractivity contribution in [2.24, 2.45) is 11.1 Å². The van der Waals surface area contributed by atoms with E-state index < -0.39 is 11.3 Å². The number of nitrogens with zero attached hydrogens (tertiary/aromatic N) is 2. The van der Waals surface area contributed by atoms with Crippen LogP contribution in [-0.4, -0.2) is 57.5 Å². The van der Waals surface area contributed by atoms with Gasteiger partial charge in [-0.1, -0.05) is 12.1 Å². The molecule has 10 heteroatoms. The maximum Gasteiger partial charge on any atom is 0.310 e. The van der Waals surface area contributed by atoms with Gasteiger partial charge in [0.15, 0.2) is 5.75 Å². The Morgan fingerprint density at radius 1 is 1.31 bits per heavy atom. The van der Waals surface area contributed by atoms with E-state index in [1.165, 1.54) is 12.5 Å². The van der Waals surface area contributed by atoms with Crippen LogP contribution in [0.25, 0.3) is 0 Å². The van der Waals surface area contributed by atoms with Gasteiger partial charge >= 0.3 is 5.69 Å². The molecule has 146 valence electrons. The minimum absolute atomic E-state index is 0.0465. The number of benzene rings is 1. The smallest absolute Gasteiger partial charge is 0.310 e. The molecule has 0 bridgehead atoms. The highest BCUT2D eigenvalue weighted by Gasteiger charge is 2.30. The van der Waals surface area contributed by atoms with Gasteiger partial charge in [0.2, 0.25) is 0 Å². The highest BCUT2D eigenvalue weighted by atomic mass is 32.2. The summed E-state index contributed by atoms with van der Waals surface area (Å²) in [6.45, 7) is 4.25. The molecule has 2 N–H and O–H groups in total. The molecule has 26 heavy (non-hydrogen) atoms. The van der Waals surface area contributed by atoms with Crippen LogP contribution < -0.4 is 9.88 Å². The van der Waals surface area contributed by atoms with Crippen LogP contribution in [0.3, 0.4) is 0 Å². The predicted octanol–water partition coefficient (Wildman–Crippen LogP) is 1.21. The van der Waals surface area contributed by atoms with Crippen LogP contribution in [-0.2, 0) is 16.0 Å². The number of hydrogen-bond acceptors (Lipinski definition) is 7. The van der Waals surface area contributed by atoms with Crippen LogP contribution in [0.2, 0.25) is 0 Å². The zero-order valence-electron chi connectivity index (χ0n) is 14.5. The first-order chi connectivity index (χ1) is 12.5. The lowest BCUT2D eigenvalue weighted by Crippen LogP contribution is -2.42. The third kappa shape index (κ3) is 6.61. The standard InChI is InChI=1S/C16H22N2O4.H3NO2S/c19-18(20)15-3-1-2-4-16(15)22-12-13-5-6-14(11-13)17-7-9-21-10-8-17;1-4(2)3/h1-4,13-14H,5-12H2;1H2,(H,2,3)/p-1/t13-,14+;/m0./s1. The molecular weight excluding hydrogens is 362 g/mol. The second kappa shape index (κ2) is 10.5. The van der Waals surface area contributed by atoms with Gasteiger partial charge in [-0.15, -0.1) is 0 Å². The van der Waals surface area contributed by atoms with E-state index in [0.29, 0.717) is 24.3 Å². The SMILES string of the molecule is NS(=O)[O-].O=[N+]([O-])c1ccccc1OC[C@H]1CC[C@@H](N2CCOCC2)C1. The minimum Gasteiger partial charge on any atom is -0.760 e. The summed E-state index contributed by atoms with van der Waals surface area (Å²) in [5.41, 5.74) is 0.0465. The Bertz CT molecular complexity index is 607. The van der Waals surface area contributed by atoms with E-state index in [1.807, 2.05) is 0 Å². The van der Waals surface area contributed by atoms with Crippen molar-refractivity contribution in [3.63, 3.8) is 0 Å². The zero-order chi connectivity index (χ0) is 18.9. The molecule has 1 aliphatic heterocycles. The molecule has 9 nitrogen and oxygen atoms in total. The molecule has 1 aliphatic carbocycles. The van der Waals surface area contributed by atoms with Crippen molar-refractivity contribution in [1.29, 1.82) is 0 Å². The molecule has 1 unspecified atom stereocenters. The lowest BCUT2D eigenvalue weighted by Gasteiger charge is -2.32. The third-order valence-electron chi connectivity index (χ3n) is 4.61. The molecular formula is C16H24N3O6S-. The van der Waals surface area contributed by atoms with Gasteiger partial charge in [-0.25, -0.2) is 0 Å². The molecule has 3 atom stereocenters. The summed E-state index contributed by atoms with van der Waals surface area (Å²) in [5, 5.41) is 15.0. The Morgan fingerprint density at radius 2 is 1.96 bits per heavy atom. The summed E-state index contributed by atoms with van der Waals surface area (Å²) in [6, 6.07) is 7.21. The normalized spacial score (nSPS) is 24.4. The molecule has 1 aromatic rings. The van der Waals surface area contributed by atoms with Crippen molar-refractivity contribution < 1.29 is 23.2 Å². The number of nitro groups is 1. The summed E-state index contributed by atoms with van der Waals surface area (Å²) < 4.78 is 28.7. The van der Waals surface area contributed by atoms with Gasteiger partial charge in [-0.05, 0) is 31.2 Å². The molecule has 0 radical (unpaired) electrons. The minimum atomic E-state index is -2.36. The first-order valence-electron chi connectivity index (χ1n) is 8.49. The van der Waals surface area contributed by atoms with Crippen LogP contribution in [0.15, 0.2) is 24.3 Å². The lowest BCUT2D eigenvalue weighted by molar-refractivity contribution is -0.385. The molecule has 1 aromatic carbocycles. The monoisotopic (exact) mass is 386 g/mol. The molecule has 0 aromatic heterocycles. The lowest BCUT2D eigenvalue weighted by atomic mass is 10.1. The topological polar surface area (TPSA) is 131 Å². The maximum absolute atomic E-state index is 11.0. The fraction of sp³-hybridized carbons (Fsp3) is 0.625. The number of ether oxygens (including phenoxy) is 2. The Morgan fingerprint density at radius 3 is 2.62 bits per heavy atom. The second-order valence-electron chi connectivity index (χ2n) is 6.28. The van der Waals surface area contributed by atoms with Crippen LogP contribution in [0, 0.1) is 16.0 Å². The van der Waals surface area contributed by atoms with E-state index in [-0.39, 0.29) is 10.6 Å². The van der Waals surface area contributed by atoms with Crippen LogP contribution in [0.5, 0.6) is 5.75 Å². The molecule has 1 saturated heterocycles. The van der Waals surface area contributed by atoms with Gasteiger partial charge in [-0.2, -0.15) is 0 Å². The fourth-order valence-electron chi connectivity index (χ4n) is 3.41. The zero-order valence-corrected chi connectivity index (χ0v) is 15.3. The average molecular weight is 386 g/mol. The predicted molar refractivity (Wildman–Crippen MR) is 95.2 cm³/mol. The van der Waals surface area contributed by atoms with Crippen molar-refractivity contribution >= 4 is 17.0 Å². The number of para-hydroxylation sites is 2. The van der Waals surface area contributed by atoms with Gasteiger partial charge in [0.05, 0.1) is 24.7 Å². The van der Waals surface area contributed by atoms with E-state index in [4.69, 9.17) is 18.2 Å². The van der Waals surface area contributed by atoms with Gasteiger partial charge in [0.1, 0.15) is 0 Å². The Labute approximate surface area is 155 Å². The molecule has 1 saturated carbocycles. The fourth-order valence-corrected chi connectivity index (χ4v) is 3.41. The Kier molecular flexibility index (Phi) is 8.39. The van der Waals surface area contributed by atoms with Crippen molar-refractivity contribution in [2.45, 2.75) is 25.3 Å². The number of nitro benzene ring substituents is 1. The van der Waals surface area contributed by atoms with E-state index >= 15 is 0 Å². The summed E-state index contributed by atoms with van der Waals surface area (Å²) in [4.78, 5) is 13.1. The van der Waals surface area contributed by atoms with Crippen molar-refractivity contribution in [3.8, 4) is 5.75 Å². The quantitative estimate of drug-likeness (QED) is 0.457. The first kappa shape index (κ1) is 20.7. The number of nitrogens with two attached hydrogens (primary N) is 1. The van der Waals surface area contributed by atoms with Crippen molar-refractivity contribution in [3.05, 3.63) is 34.4 Å². The third-order valence-corrected chi connectivity index (χ3v) is 4.61. The van der Waals surface area contributed by atoms with Crippen molar-refractivity contribution in [2.75, 3.05) is 32.9 Å². The van der Waals surface area contributed by atoms with Crippen molar-refractivity contribution in [1.82, 2.24) is 4.90 Å². The number of hydrogen-bond donors (Lipinski definition) is 1. The summed E-state index contributed by atoms with van der Waals surface area (Å²) in [7, 11) is 0. The summed E-state index contributed by atoms with van der Waals surface area (Å²) >= 11 is -2.36. The van der Waals surface area contributed by atoms with Crippen LogP contribution in [0.1, 0.15) is 19.3 Å². The summed E-state index contributed by atoms with van der Waals surface area (Å²) in [6.07, 6.45) is 3.42. The molecule has 0 spiro atoms. The number of morpholine rings is 1. The van der Waals surface area contributed by atoms with E-state index in [0.717, 1.165) is 39.1 Å². The van der Waals surface area contributed by atoms with Crippen LogP contribution >= 0.6 is 0 Å². The maximum atomic E-state index is 11.0. The van der Waals surface area contributed by atoms with Gasteiger partial charge in [0.25, 0.3) is 0 Å². The number of rotatable bonds is 5. The molecule has 1 heterocycles. The summed E-state index contributed by atoms with van der Waals surface area (Å²) in [5.74, 6) is 0.856. The molecule has 0 amide bonds. The van der Waals surface area contributed by atoms with Gasteiger partial charge in [-0.3, -0.25) is 24.4 Å². The molecule has 2 aliphatic rings. The first-order valence-corrected chi connectivity index (χ1v) is 9.63. The Balaban J connectivity index is 0.000000552. The average Bonchev–Trinajstić information content (AvgIpc) is 3.09. The largest absolute Gasteiger partial charge is 0.760 e. The Hall–Kier alpha value is -1.59. The highest BCUT2D eigenvalue weighted by molar-refractivity contribution is 7.76. The highest BCUT2D eigenvalue weighted by Crippen LogP contribution is 2.32.